The van der Waals surface area contributed by atoms with Crippen LogP contribution in [0, 0.1) is 23.0 Å². The van der Waals surface area contributed by atoms with Crippen molar-refractivity contribution in [2.45, 2.75) is 6.54 Å². The van der Waals surface area contributed by atoms with E-state index in [9.17, 15) is 8.78 Å². The number of hydrogen-bond acceptors (Lipinski definition) is 2. The summed E-state index contributed by atoms with van der Waals surface area (Å²) in [7, 11) is 0. The SMILES string of the molecule is N#Cc1ccc(F)cc1CNc1ccc(F)c(Br)c1. The highest BCUT2D eigenvalue weighted by molar-refractivity contribution is 9.10. The van der Waals surface area contributed by atoms with Crippen LogP contribution < -0.4 is 5.32 Å². The van der Waals surface area contributed by atoms with E-state index >= 15 is 0 Å². The Kier molecular flexibility index (Phi) is 4.13. The molecule has 0 atom stereocenters. The van der Waals surface area contributed by atoms with Crippen molar-refractivity contribution in [2.24, 2.45) is 0 Å². The highest BCUT2D eigenvalue weighted by atomic mass is 79.9. The van der Waals surface area contributed by atoms with E-state index in [0.717, 1.165) is 0 Å². The molecule has 19 heavy (non-hydrogen) atoms. The lowest BCUT2D eigenvalue weighted by Gasteiger charge is -2.08. The molecule has 0 aliphatic heterocycles. The molecule has 96 valence electrons. The van der Waals surface area contributed by atoms with Gasteiger partial charge in [-0.25, -0.2) is 8.78 Å². The maximum atomic E-state index is 13.1. The maximum Gasteiger partial charge on any atom is 0.137 e. The fourth-order valence-electron chi connectivity index (χ4n) is 1.62. The zero-order valence-electron chi connectivity index (χ0n) is 9.75. The van der Waals surface area contributed by atoms with Crippen LogP contribution in [0.15, 0.2) is 40.9 Å². The third kappa shape index (κ3) is 3.30. The van der Waals surface area contributed by atoms with Crippen molar-refractivity contribution in [1.82, 2.24) is 0 Å². The average Bonchev–Trinajstić information content (AvgIpc) is 2.40. The van der Waals surface area contributed by atoms with Gasteiger partial charge in [-0.2, -0.15) is 5.26 Å². The Balaban J connectivity index is 2.16. The first-order valence-corrected chi connectivity index (χ1v) is 6.27. The van der Waals surface area contributed by atoms with Gasteiger partial charge < -0.3 is 5.32 Å². The van der Waals surface area contributed by atoms with Gasteiger partial charge in [-0.1, -0.05) is 0 Å². The van der Waals surface area contributed by atoms with Crippen LogP contribution in [0.5, 0.6) is 0 Å². The summed E-state index contributed by atoms with van der Waals surface area (Å²) in [6, 6.07) is 10.5. The predicted octanol–water partition coefficient (Wildman–Crippen LogP) is 4.21. The summed E-state index contributed by atoms with van der Waals surface area (Å²) in [5, 5.41) is 11.9. The quantitative estimate of drug-likeness (QED) is 0.918. The van der Waals surface area contributed by atoms with Gasteiger partial charge in [0.25, 0.3) is 0 Å². The van der Waals surface area contributed by atoms with Crippen LogP contribution in [-0.4, -0.2) is 0 Å². The molecule has 0 fully saturated rings. The number of nitrogens with zero attached hydrogens (tertiary/aromatic N) is 1. The lowest BCUT2D eigenvalue weighted by Crippen LogP contribution is -2.02. The van der Waals surface area contributed by atoms with Crippen molar-refractivity contribution in [3.05, 3.63) is 63.6 Å². The summed E-state index contributed by atoms with van der Waals surface area (Å²) in [5.74, 6) is -0.745. The second-order valence-corrected chi connectivity index (χ2v) is 4.75. The van der Waals surface area contributed by atoms with Crippen molar-refractivity contribution < 1.29 is 8.78 Å². The lowest BCUT2D eigenvalue weighted by molar-refractivity contribution is 0.621. The standard InChI is InChI=1S/C14H9BrF2N2/c15-13-6-12(3-4-14(13)17)19-8-10-5-11(16)2-1-9(10)7-18/h1-6,19H,8H2. The minimum absolute atomic E-state index is 0.290. The predicted molar refractivity (Wildman–Crippen MR) is 72.5 cm³/mol. The highest BCUT2D eigenvalue weighted by Gasteiger charge is 2.05. The first-order chi connectivity index (χ1) is 9.10. The molecule has 0 amide bonds. The molecule has 0 heterocycles. The third-order valence-electron chi connectivity index (χ3n) is 2.59. The van der Waals surface area contributed by atoms with Gasteiger partial charge in [0, 0.05) is 12.2 Å². The van der Waals surface area contributed by atoms with E-state index in [4.69, 9.17) is 5.26 Å². The van der Waals surface area contributed by atoms with Crippen LogP contribution >= 0.6 is 15.9 Å². The van der Waals surface area contributed by atoms with Crippen molar-refractivity contribution >= 4 is 21.6 Å². The molecule has 2 rings (SSSR count). The van der Waals surface area contributed by atoms with Crippen molar-refractivity contribution in [3.63, 3.8) is 0 Å². The second kappa shape index (κ2) is 5.81. The van der Waals surface area contributed by atoms with Gasteiger partial charge in [-0.05, 0) is 57.9 Å². The molecular formula is C14H9BrF2N2. The summed E-state index contributed by atoms with van der Waals surface area (Å²) < 4.78 is 26.5. The summed E-state index contributed by atoms with van der Waals surface area (Å²) in [4.78, 5) is 0. The zero-order chi connectivity index (χ0) is 13.8. The molecule has 5 heteroatoms. The van der Waals surface area contributed by atoms with Crippen LogP contribution in [0.3, 0.4) is 0 Å². The van der Waals surface area contributed by atoms with Gasteiger partial charge in [-0.15, -0.1) is 0 Å². The summed E-state index contributed by atoms with van der Waals surface area (Å²) >= 11 is 3.08. The van der Waals surface area contributed by atoms with Crippen LogP contribution in [0.25, 0.3) is 0 Å². The molecule has 2 aromatic rings. The topological polar surface area (TPSA) is 35.8 Å². The van der Waals surface area contributed by atoms with Gasteiger partial charge in [-0.3, -0.25) is 0 Å². The largest absolute Gasteiger partial charge is 0.381 e. The van der Waals surface area contributed by atoms with Crippen LogP contribution in [0.1, 0.15) is 11.1 Å². The molecule has 2 nitrogen and oxygen atoms in total. The number of rotatable bonds is 3. The van der Waals surface area contributed by atoms with E-state index in [1.165, 1.54) is 24.3 Å². The van der Waals surface area contributed by atoms with Crippen molar-refractivity contribution in [1.29, 1.82) is 5.26 Å². The van der Waals surface area contributed by atoms with Crippen LogP contribution in [-0.2, 0) is 6.54 Å². The molecule has 2 aromatic carbocycles. The van der Waals surface area contributed by atoms with Crippen LogP contribution in [0.2, 0.25) is 0 Å². The molecule has 0 aliphatic carbocycles. The molecular weight excluding hydrogens is 314 g/mol. The third-order valence-corrected chi connectivity index (χ3v) is 3.20. The molecule has 0 radical (unpaired) electrons. The normalized spacial score (nSPS) is 10.0. The number of halogens is 3. The number of benzene rings is 2. The maximum absolute atomic E-state index is 13.1. The number of nitrogens with one attached hydrogen (secondary N) is 1. The van der Waals surface area contributed by atoms with Gasteiger partial charge in [0.2, 0.25) is 0 Å². The minimum atomic E-state index is -0.393. The number of anilines is 1. The van der Waals surface area contributed by atoms with Gasteiger partial charge in [0.1, 0.15) is 11.6 Å². The Bertz CT molecular complexity index is 650. The molecule has 0 bridgehead atoms. The van der Waals surface area contributed by atoms with Gasteiger partial charge >= 0.3 is 0 Å². The highest BCUT2D eigenvalue weighted by Crippen LogP contribution is 2.21. The van der Waals surface area contributed by atoms with E-state index in [-0.39, 0.29) is 5.82 Å². The summed E-state index contributed by atoms with van der Waals surface area (Å²) in [6.07, 6.45) is 0. The summed E-state index contributed by atoms with van der Waals surface area (Å²) in [6.45, 7) is 0.290. The van der Waals surface area contributed by atoms with Crippen molar-refractivity contribution in [3.8, 4) is 6.07 Å². The second-order valence-electron chi connectivity index (χ2n) is 3.90. The number of hydrogen-bond donors (Lipinski definition) is 1. The Morgan fingerprint density at radius 1 is 1.16 bits per heavy atom. The first kappa shape index (κ1) is 13.5. The minimum Gasteiger partial charge on any atom is -0.381 e. The molecule has 0 unspecified atom stereocenters. The van der Waals surface area contributed by atoms with E-state index in [0.29, 0.717) is 27.8 Å². The fourth-order valence-corrected chi connectivity index (χ4v) is 2.00. The molecule has 0 aromatic heterocycles. The molecule has 0 aliphatic rings. The Labute approximate surface area is 117 Å². The summed E-state index contributed by atoms with van der Waals surface area (Å²) in [5.41, 5.74) is 1.65. The molecule has 0 saturated heterocycles. The van der Waals surface area contributed by atoms with Crippen LogP contribution in [0.4, 0.5) is 14.5 Å². The monoisotopic (exact) mass is 322 g/mol. The smallest absolute Gasteiger partial charge is 0.137 e. The van der Waals surface area contributed by atoms with E-state index in [1.807, 2.05) is 6.07 Å². The van der Waals surface area contributed by atoms with E-state index in [2.05, 4.69) is 21.2 Å². The Morgan fingerprint density at radius 2 is 1.95 bits per heavy atom. The molecule has 0 saturated carbocycles. The van der Waals surface area contributed by atoms with Gasteiger partial charge in [0.15, 0.2) is 0 Å². The average molecular weight is 323 g/mol. The molecule has 0 spiro atoms. The fraction of sp³-hybridized carbons (Fsp3) is 0.0714. The van der Waals surface area contributed by atoms with E-state index < -0.39 is 5.82 Å². The zero-order valence-corrected chi connectivity index (χ0v) is 11.3. The van der Waals surface area contributed by atoms with E-state index in [1.54, 1.807) is 12.1 Å². The Hall–Kier alpha value is -1.93. The van der Waals surface area contributed by atoms with Crippen molar-refractivity contribution in [2.75, 3.05) is 5.32 Å². The molecule has 1 N–H and O–H groups in total. The first-order valence-electron chi connectivity index (χ1n) is 5.47. The Morgan fingerprint density at radius 3 is 2.63 bits per heavy atom. The lowest BCUT2D eigenvalue weighted by atomic mass is 10.1. The van der Waals surface area contributed by atoms with Gasteiger partial charge in [0.05, 0.1) is 16.1 Å². The number of nitriles is 1.